The van der Waals surface area contributed by atoms with E-state index in [0.29, 0.717) is 11.3 Å². The Morgan fingerprint density at radius 1 is 1.05 bits per heavy atom. The molecule has 0 spiro atoms. The Bertz CT molecular complexity index is 681. The average molecular weight is 286 g/mol. The summed E-state index contributed by atoms with van der Waals surface area (Å²) in [5.41, 5.74) is 7.93. The third-order valence-corrected chi connectivity index (χ3v) is 2.94. The molecule has 2 N–H and O–H groups in total. The number of carbonyl (C=O) groups excluding carboxylic acids is 2. The fourth-order valence-electron chi connectivity index (χ4n) is 1.81. The van der Waals surface area contributed by atoms with Crippen LogP contribution in [0.1, 0.15) is 20.7 Å². The first-order valence-corrected chi connectivity index (χ1v) is 6.09. The van der Waals surface area contributed by atoms with E-state index in [1.165, 1.54) is 20.4 Å². The van der Waals surface area contributed by atoms with Crippen LogP contribution in [0, 0.1) is 0 Å². The lowest BCUT2D eigenvalue weighted by molar-refractivity contribution is 0.0592. The fraction of sp³-hybridized carbons (Fsp3) is 0.133. The fourth-order valence-corrected chi connectivity index (χ4v) is 1.81. The maximum Gasteiger partial charge on any atom is 0.340 e. The van der Waals surface area contributed by atoms with Crippen LogP contribution < -0.4 is 5.73 Å². The first-order valence-electron chi connectivity index (χ1n) is 6.09. The Balaban J connectivity index is 2.38. The second kappa shape index (κ2) is 6.04. The molecule has 0 unspecified atom stereocenters. The van der Waals surface area contributed by atoms with Crippen molar-refractivity contribution in [2.24, 2.45) is 0 Å². The molecule has 6 heteroatoms. The molecule has 1 aromatic carbocycles. The maximum absolute atomic E-state index is 11.6. The van der Waals surface area contributed by atoms with Crippen LogP contribution in [0.2, 0.25) is 0 Å². The standard InChI is InChI=1S/C15H14N2O4/c1-20-14(18)10-5-3-9(4-6-10)13-7-11(15(19)21-2)12(16)8-17-13/h3-8H,16H2,1-2H3. The number of nitrogens with two attached hydrogens (primary N) is 1. The number of nitrogens with zero attached hydrogens (tertiary/aromatic N) is 1. The van der Waals surface area contributed by atoms with Crippen molar-refractivity contribution in [1.29, 1.82) is 0 Å². The minimum Gasteiger partial charge on any atom is -0.465 e. The van der Waals surface area contributed by atoms with E-state index in [2.05, 4.69) is 14.5 Å². The van der Waals surface area contributed by atoms with Gasteiger partial charge >= 0.3 is 11.9 Å². The highest BCUT2D eigenvalue weighted by Crippen LogP contribution is 2.22. The summed E-state index contributed by atoms with van der Waals surface area (Å²) in [7, 11) is 2.60. The van der Waals surface area contributed by atoms with Crippen LogP contribution in [0.4, 0.5) is 5.69 Å². The van der Waals surface area contributed by atoms with Crippen LogP contribution in [-0.4, -0.2) is 31.1 Å². The normalized spacial score (nSPS) is 10.0. The first-order chi connectivity index (χ1) is 10.1. The van der Waals surface area contributed by atoms with Gasteiger partial charge in [0.1, 0.15) is 0 Å². The lowest BCUT2D eigenvalue weighted by Gasteiger charge is -2.07. The number of nitrogen functional groups attached to an aromatic ring is 1. The van der Waals surface area contributed by atoms with E-state index in [-0.39, 0.29) is 11.3 Å². The van der Waals surface area contributed by atoms with Crippen molar-refractivity contribution in [3.05, 3.63) is 47.7 Å². The summed E-state index contributed by atoms with van der Waals surface area (Å²) in [6, 6.07) is 8.22. The molecule has 1 heterocycles. The van der Waals surface area contributed by atoms with Crippen molar-refractivity contribution < 1.29 is 19.1 Å². The molecule has 21 heavy (non-hydrogen) atoms. The highest BCUT2D eigenvalue weighted by Gasteiger charge is 2.13. The predicted molar refractivity (Wildman–Crippen MR) is 76.8 cm³/mol. The number of methoxy groups -OCH3 is 2. The Labute approximate surface area is 121 Å². The van der Waals surface area contributed by atoms with Gasteiger partial charge in [-0.1, -0.05) is 12.1 Å². The Kier molecular flexibility index (Phi) is 4.18. The van der Waals surface area contributed by atoms with Crippen LogP contribution in [0.3, 0.4) is 0 Å². The molecule has 2 aromatic rings. The van der Waals surface area contributed by atoms with Gasteiger partial charge < -0.3 is 15.2 Å². The van der Waals surface area contributed by atoms with Crippen LogP contribution in [0.15, 0.2) is 36.5 Å². The van der Waals surface area contributed by atoms with E-state index in [0.717, 1.165) is 5.56 Å². The summed E-state index contributed by atoms with van der Waals surface area (Å²) >= 11 is 0. The summed E-state index contributed by atoms with van der Waals surface area (Å²) in [6.07, 6.45) is 1.40. The topological polar surface area (TPSA) is 91.5 Å². The van der Waals surface area contributed by atoms with E-state index in [4.69, 9.17) is 5.73 Å². The van der Waals surface area contributed by atoms with E-state index in [1.807, 2.05) is 0 Å². The van der Waals surface area contributed by atoms with Gasteiger partial charge in [-0.3, -0.25) is 4.98 Å². The molecule has 108 valence electrons. The highest BCUT2D eigenvalue weighted by molar-refractivity contribution is 5.96. The maximum atomic E-state index is 11.6. The number of anilines is 1. The molecular weight excluding hydrogens is 272 g/mol. The van der Waals surface area contributed by atoms with Crippen molar-refractivity contribution in [2.75, 3.05) is 20.0 Å². The summed E-state index contributed by atoms with van der Waals surface area (Å²) < 4.78 is 9.30. The number of carbonyl (C=O) groups is 2. The second-order valence-electron chi connectivity index (χ2n) is 4.22. The van der Waals surface area contributed by atoms with Gasteiger partial charge in [0.2, 0.25) is 0 Å². The third-order valence-electron chi connectivity index (χ3n) is 2.94. The molecule has 0 saturated carbocycles. The van der Waals surface area contributed by atoms with Gasteiger partial charge in [0.05, 0.1) is 42.9 Å². The molecule has 6 nitrogen and oxygen atoms in total. The number of ether oxygens (including phenoxy) is 2. The summed E-state index contributed by atoms with van der Waals surface area (Å²) in [4.78, 5) is 27.2. The number of rotatable bonds is 3. The first kappa shape index (κ1) is 14.5. The minimum absolute atomic E-state index is 0.247. The molecule has 0 atom stereocenters. The van der Waals surface area contributed by atoms with Crippen molar-refractivity contribution in [3.63, 3.8) is 0 Å². The van der Waals surface area contributed by atoms with Crippen LogP contribution >= 0.6 is 0 Å². The molecule has 0 saturated heterocycles. The molecule has 0 fully saturated rings. The van der Waals surface area contributed by atoms with E-state index >= 15 is 0 Å². The molecule has 2 rings (SSSR count). The van der Waals surface area contributed by atoms with Crippen molar-refractivity contribution in [1.82, 2.24) is 4.98 Å². The Hall–Kier alpha value is -2.89. The van der Waals surface area contributed by atoms with Crippen molar-refractivity contribution in [3.8, 4) is 11.3 Å². The highest BCUT2D eigenvalue weighted by atomic mass is 16.5. The molecule has 0 aliphatic rings. The SMILES string of the molecule is COC(=O)c1ccc(-c2cc(C(=O)OC)c(N)cn2)cc1. The molecular formula is C15H14N2O4. The monoisotopic (exact) mass is 286 g/mol. The molecule has 0 aliphatic carbocycles. The van der Waals surface area contributed by atoms with Gasteiger partial charge in [0.15, 0.2) is 0 Å². The number of hydrogen-bond acceptors (Lipinski definition) is 6. The van der Waals surface area contributed by atoms with Crippen LogP contribution in [-0.2, 0) is 9.47 Å². The Morgan fingerprint density at radius 3 is 2.24 bits per heavy atom. The Morgan fingerprint density at radius 2 is 1.67 bits per heavy atom. The third kappa shape index (κ3) is 3.00. The van der Waals surface area contributed by atoms with Crippen molar-refractivity contribution >= 4 is 17.6 Å². The summed E-state index contributed by atoms with van der Waals surface area (Å²) in [6.45, 7) is 0. The van der Waals surface area contributed by atoms with Crippen molar-refractivity contribution in [2.45, 2.75) is 0 Å². The molecule has 1 aromatic heterocycles. The van der Waals surface area contributed by atoms with Gasteiger partial charge in [0, 0.05) is 5.56 Å². The zero-order chi connectivity index (χ0) is 15.4. The van der Waals surface area contributed by atoms with Crippen LogP contribution in [0.5, 0.6) is 0 Å². The van der Waals surface area contributed by atoms with Gasteiger partial charge in [-0.2, -0.15) is 0 Å². The molecule has 0 aliphatic heterocycles. The quantitative estimate of drug-likeness (QED) is 0.866. The lowest BCUT2D eigenvalue weighted by atomic mass is 10.1. The molecule has 0 bridgehead atoms. The van der Waals surface area contributed by atoms with Gasteiger partial charge in [-0.05, 0) is 18.2 Å². The smallest absolute Gasteiger partial charge is 0.340 e. The largest absolute Gasteiger partial charge is 0.465 e. The molecule has 0 radical (unpaired) electrons. The van der Waals surface area contributed by atoms with E-state index in [9.17, 15) is 9.59 Å². The number of aromatic nitrogens is 1. The number of benzene rings is 1. The summed E-state index contributed by atoms with van der Waals surface area (Å²) in [5, 5.41) is 0. The molecule has 0 amide bonds. The lowest BCUT2D eigenvalue weighted by Crippen LogP contribution is -2.06. The minimum atomic E-state index is -0.526. The van der Waals surface area contributed by atoms with E-state index in [1.54, 1.807) is 30.3 Å². The zero-order valence-corrected chi connectivity index (χ0v) is 11.6. The zero-order valence-electron chi connectivity index (χ0n) is 11.6. The van der Waals surface area contributed by atoms with Gasteiger partial charge in [-0.25, -0.2) is 9.59 Å². The van der Waals surface area contributed by atoms with Gasteiger partial charge in [-0.15, -0.1) is 0 Å². The van der Waals surface area contributed by atoms with Gasteiger partial charge in [0.25, 0.3) is 0 Å². The van der Waals surface area contributed by atoms with E-state index < -0.39 is 11.9 Å². The number of pyridine rings is 1. The second-order valence-corrected chi connectivity index (χ2v) is 4.22. The predicted octanol–water partition coefficient (Wildman–Crippen LogP) is 1.90. The number of hydrogen-bond donors (Lipinski definition) is 1. The van der Waals surface area contributed by atoms with Crippen LogP contribution in [0.25, 0.3) is 11.3 Å². The average Bonchev–Trinajstić information content (AvgIpc) is 2.54. The summed E-state index contributed by atoms with van der Waals surface area (Å²) in [5.74, 6) is -0.940. The number of esters is 2.